The first-order valence-corrected chi connectivity index (χ1v) is 11.5. The summed E-state index contributed by atoms with van der Waals surface area (Å²) < 4.78 is 5.46. The molecule has 31 heavy (non-hydrogen) atoms. The van der Waals surface area contributed by atoms with Crippen LogP contribution in [0.4, 0.5) is 10.7 Å². The molecule has 0 spiro atoms. The molecule has 2 aromatic carbocycles. The van der Waals surface area contributed by atoms with Crippen molar-refractivity contribution in [3.05, 3.63) is 75.1 Å². The van der Waals surface area contributed by atoms with Gasteiger partial charge < -0.3 is 15.4 Å². The molecule has 0 saturated carbocycles. The van der Waals surface area contributed by atoms with Gasteiger partial charge in [-0.05, 0) is 74.6 Å². The number of hydrogen-bond acceptors (Lipinski definition) is 4. The average Bonchev–Trinajstić information content (AvgIpc) is 3.13. The summed E-state index contributed by atoms with van der Waals surface area (Å²) in [5.41, 5.74) is 2.64. The Kier molecular flexibility index (Phi) is 6.59. The SMILES string of the molecule is CCOc1ccc(NC(=O)c2c(NC(=O)c3ccccc3Cl)sc3c2CCCC3)cc1. The van der Waals surface area contributed by atoms with Crippen LogP contribution in [0.2, 0.25) is 5.02 Å². The maximum absolute atomic E-state index is 13.3. The third-order valence-electron chi connectivity index (χ3n) is 5.17. The van der Waals surface area contributed by atoms with Crippen LogP contribution in [0.25, 0.3) is 0 Å². The monoisotopic (exact) mass is 454 g/mol. The fourth-order valence-electron chi connectivity index (χ4n) is 3.70. The van der Waals surface area contributed by atoms with E-state index in [-0.39, 0.29) is 11.8 Å². The molecule has 1 heterocycles. The number of hydrogen-bond donors (Lipinski definition) is 2. The number of rotatable bonds is 6. The molecule has 5 nitrogen and oxygen atoms in total. The predicted molar refractivity (Wildman–Crippen MR) is 126 cm³/mol. The summed E-state index contributed by atoms with van der Waals surface area (Å²) >= 11 is 7.67. The van der Waals surface area contributed by atoms with Crippen molar-refractivity contribution in [2.24, 2.45) is 0 Å². The standard InChI is InChI=1S/C24H23ClN2O3S/c1-2-30-16-13-11-15(12-14-16)26-23(29)21-18-8-4-6-10-20(18)31-24(21)27-22(28)17-7-3-5-9-19(17)25/h3,5,7,9,11-14H,2,4,6,8,10H2,1H3,(H,26,29)(H,27,28). The molecule has 1 aliphatic rings. The number of carbonyl (C=O) groups excluding carboxylic acids is 2. The first-order chi connectivity index (χ1) is 15.1. The zero-order valence-corrected chi connectivity index (χ0v) is 18.7. The van der Waals surface area contributed by atoms with Crippen molar-refractivity contribution < 1.29 is 14.3 Å². The number of fused-ring (bicyclic) bond motifs is 1. The van der Waals surface area contributed by atoms with Gasteiger partial charge in [0.25, 0.3) is 11.8 Å². The number of aryl methyl sites for hydroxylation is 1. The summed E-state index contributed by atoms with van der Waals surface area (Å²) in [4.78, 5) is 27.3. The Labute approximate surface area is 190 Å². The molecule has 0 saturated heterocycles. The second-order valence-corrected chi connectivity index (χ2v) is 8.77. The number of halogens is 1. The van der Waals surface area contributed by atoms with E-state index in [1.54, 1.807) is 24.3 Å². The fraction of sp³-hybridized carbons (Fsp3) is 0.250. The quantitative estimate of drug-likeness (QED) is 0.467. The van der Waals surface area contributed by atoms with E-state index in [1.165, 1.54) is 11.3 Å². The van der Waals surface area contributed by atoms with E-state index in [2.05, 4.69) is 10.6 Å². The average molecular weight is 455 g/mol. The Morgan fingerprint density at radius 1 is 1.00 bits per heavy atom. The zero-order chi connectivity index (χ0) is 21.8. The molecule has 0 fully saturated rings. The Morgan fingerprint density at radius 2 is 1.74 bits per heavy atom. The van der Waals surface area contributed by atoms with Gasteiger partial charge in [-0.1, -0.05) is 23.7 Å². The molecule has 160 valence electrons. The molecule has 4 rings (SSSR count). The van der Waals surface area contributed by atoms with E-state index >= 15 is 0 Å². The summed E-state index contributed by atoms with van der Waals surface area (Å²) in [5.74, 6) is 0.207. The van der Waals surface area contributed by atoms with Gasteiger partial charge in [-0.2, -0.15) is 0 Å². The fourth-order valence-corrected chi connectivity index (χ4v) is 5.21. The summed E-state index contributed by atoms with van der Waals surface area (Å²) in [6, 6.07) is 14.1. The van der Waals surface area contributed by atoms with Gasteiger partial charge in [0.15, 0.2) is 0 Å². The lowest BCUT2D eigenvalue weighted by Crippen LogP contribution is -2.18. The summed E-state index contributed by atoms with van der Waals surface area (Å²) in [7, 11) is 0. The van der Waals surface area contributed by atoms with Gasteiger partial charge >= 0.3 is 0 Å². The smallest absolute Gasteiger partial charge is 0.258 e. The number of nitrogens with one attached hydrogen (secondary N) is 2. The van der Waals surface area contributed by atoms with Crippen LogP contribution in [0.1, 0.15) is 50.9 Å². The molecule has 3 aromatic rings. The van der Waals surface area contributed by atoms with Gasteiger partial charge in [-0.25, -0.2) is 0 Å². The molecule has 0 aliphatic heterocycles. The Balaban J connectivity index is 1.61. The van der Waals surface area contributed by atoms with Crippen molar-refractivity contribution in [2.45, 2.75) is 32.6 Å². The first-order valence-electron chi connectivity index (χ1n) is 10.3. The maximum atomic E-state index is 13.3. The number of thiophene rings is 1. The number of ether oxygens (including phenoxy) is 1. The summed E-state index contributed by atoms with van der Waals surface area (Å²) in [5, 5.41) is 6.84. The molecule has 7 heteroatoms. The summed E-state index contributed by atoms with van der Waals surface area (Å²) in [6.07, 6.45) is 3.88. The topological polar surface area (TPSA) is 67.4 Å². The van der Waals surface area contributed by atoms with E-state index in [0.717, 1.165) is 41.9 Å². The van der Waals surface area contributed by atoms with Crippen molar-refractivity contribution in [1.29, 1.82) is 0 Å². The van der Waals surface area contributed by atoms with E-state index in [1.807, 2.05) is 31.2 Å². The van der Waals surface area contributed by atoms with Crippen LogP contribution in [-0.2, 0) is 12.8 Å². The molecule has 1 aromatic heterocycles. The van der Waals surface area contributed by atoms with Crippen LogP contribution in [0.15, 0.2) is 48.5 Å². The molecular weight excluding hydrogens is 432 g/mol. The third-order valence-corrected chi connectivity index (χ3v) is 6.70. The lowest BCUT2D eigenvalue weighted by molar-refractivity contribution is 0.102. The van der Waals surface area contributed by atoms with Gasteiger partial charge in [0, 0.05) is 10.6 Å². The molecule has 0 atom stereocenters. The number of carbonyl (C=O) groups is 2. The van der Waals surface area contributed by atoms with Gasteiger partial charge in [0.2, 0.25) is 0 Å². The maximum Gasteiger partial charge on any atom is 0.258 e. The molecule has 0 unspecified atom stereocenters. The van der Waals surface area contributed by atoms with Crippen LogP contribution in [0, 0.1) is 0 Å². The Morgan fingerprint density at radius 3 is 2.48 bits per heavy atom. The lowest BCUT2D eigenvalue weighted by Gasteiger charge is -2.14. The number of anilines is 2. The van der Waals surface area contributed by atoms with Crippen molar-refractivity contribution in [2.75, 3.05) is 17.2 Å². The van der Waals surface area contributed by atoms with E-state index < -0.39 is 0 Å². The molecule has 0 radical (unpaired) electrons. The summed E-state index contributed by atoms with van der Waals surface area (Å²) in [6.45, 7) is 2.51. The highest BCUT2D eigenvalue weighted by atomic mass is 35.5. The minimum atomic E-state index is -0.320. The first kappa shape index (κ1) is 21.4. The molecule has 2 N–H and O–H groups in total. The molecule has 1 aliphatic carbocycles. The van der Waals surface area contributed by atoms with Crippen molar-refractivity contribution in [1.82, 2.24) is 0 Å². The highest BCUT2D eigenvalue weighted by Gasteiger charge is 2.27. The van der Waals surface area contributed by atoms with Crippen molar-refractivity contribution in [3.63, 3.8) is 0 Å². The van der Waals surface area contributed by atoms with Crippen LogP contribution < -0.4 is 15.4 Å². The Hall–Kier alpha value is -2.83. The Bertz CT molecular complexity index is 1110. The predicted octanol–water partition coefficient (Wildman–Crippen LogP) is 6.18. The minimum Gasteiger partial charge on any atom is -0.494 e. The number of benzene rings is 2. The van der Waals surface area contributed by atoms with Gasteiger partial charge in [0.1, 0.15) is 10.8 Å². The van der Waals surface area contributed by atoms with Gasteiger partial charge in [0.05, 0.1) is 22.8 Å². The third kappa shape index (κ3) is 4.75. The molecule has 2 amide bonds. The largest absolute Gasteiger partial charge is 0.494 e. The van der Waals surface area contributed by atoms with Crippen LogP contribution in [-0.4, -0.2) is 18.4 Å². The van der Waals surface area contributed by atoms with Crippen molar-refractivity contribution in [3.8, 4) is 5.75 Å². The van der Waals surface area contributed by atoms with E-state index in [0.29, 0.717) is 33.4 Å². The molecule has 0 bridgehead atoms. The van der Waals surface area contributed by atoms with Crippen LogP contribution >= 0.6 is 22.9 Å². The lowest BCUT2D eigenvalue weighted by atomic mass is 9.95. The second kappa shape index (κ2) is 9.54. The van der Waals surface area contributed by atoms with Gasteiger partial charge in [-0.3, -0.25) is 9.59 Å². The normalized spacial score (nSPS) is 12.7. The highest BCUT2D eigenvalue weighted by molar-refractivity contribution is 7.17. The number of amides is 2. The zero-order valence-electron chi connectivity index (χ0n) is 17.2. The van der Waals surface area contributed by atoms with Crippen LogP contribution in [0.3, 0.4) is 0 Å². The second-order valence-electron chi connectivity index (χ2n) is 7.26. The molecular formula is C24H23ClN2O3S. The van der Waals surface area contributed by atoms with Crippen LogP contribution in [0.5, 0.6) is 5.75 Å². The minimum absolute atomic E-state index is 0.224. The van der Waals surface area contributed by atoms with Gasteiger partial charge in [-0.15, -0.1) is 11.3 Å². The highest BCUT2D eigenvalue weighted by Crippen LogP contribution is 2.39. The van der Waals surface area contributed by atoms with Crippen molar-refractivity contribution >= 4 is 45.4 Å². The van der Waals surface area contributed by atoms with E-state index in [4.69, 9.17) is 16.3 Å². The van der Waals surface area contributed by atoms with E-state index in [9.17, 15) is 9.59 Å².